The lowest BCUT2D eigenvalue weighted by molar-refractivity contribution is -0.126. The minimum atomic E-state index is -0.361. The molecule has 2 aromatic carbocycles. The van der Waals surface area contributed by atoms with Crippen LogP contribution in [0.2, 0.25) is 0 Å². The second-order valence-electron chi connectivity index (χ2n) is 9.58. The largest absolute Gasteiger partial charge is 0.484 e. The molecule has 3 amide bonds. The third-order valence-corrected chi connectivity index (χ3v) is 6.95. The first kappa shape index (κ1) is 26.6. The summed E-state index contributed by atoms with van der Waals surface area (Å²) in [5.74, 6) is -0.226. The van der Waals surface area contributed by atoms with Crippen molar-refractivity contribution in [3.63, 3.8) is 0 Å². The van der Waals surface area contributed by atoms with E-state index in [1.54, 1.807) is 29.2 Å². The molecule has 2 aliphatic heterocycles. The van der Waals surface area contributed by atoms with Gasteiger partial charge >= 0.3 is 0 Å². The topological polar surface area (TPSA) is 100 Å². The zero-order valence-corrected chi connectivity index (χ0v) is 21.6. The summed E-state index contributed by atoms with van der Waals surface area (Å²) in [6, 6.07) is 12.8. The van der Waals surface area contributed by atoms with Crippen LogP contribution in [-0.2, 0) is 19.1 Å². The van der Waals surface area contributed by atoms with Gasteiger partial charge in [-0.1, -0.05) is 12.1 Å². The van der Waals surface area contributed by atoms with Gasteiger partial charge in [-0.2, -0.15) is 0 Å². The maximum absolute atomic E-state index is 12.6. The van der Waals surface area contributed by atoms with Crippen molar-refractivity contribution in [2.24, 2.45) is 5.92 Å². The number of aryl methyl sites for hydroxylation is 1. The molecule has 0 aliphatic carbocycles. The second kappa shape index (κ2) is 12.7. The molecule has 2 fully saturated rings. The lowest BCUT2D eigenvalue weighted by Gasteiger charge is -2.26. The van der Waals surface area contributed by atoms with Gasteiger partial charge in [-0.3, -0.25) is 19.3 Å². The van der Waals surface area contributed by atoms with Crippen molar-refractivity contribution in [2.75, 3.05) is 62.8 Å². The molecule has 0 radical (unpaired) electrons. The Morgan fingerprint density at radius 1 is 1.08 bits per heavy atom. The summed E-state index contributed by atoms with van der Waals surface area (Å²) < 4.78 is 11.0. The van der Waals surface area contributed by atoms with E-state index in [0.29, 0.717) is 24.5 Å². The van der Waals surface area contributed by atoms with Crippen molar-refractivity contribution in [1.82, 2.24) is 10.2 Å². The maximum atomic E-state index is 12.6. The molecule has 2 N–H and O–H groups in total. The first-order valence-electron chi connectivity index (χ1n) is 12.9. The van der Waals surface area contributed by atoms with Crippen LogP contribution in [0.15, 0.2) is 42.5 Å². The third-order valence-electron chi connectivity index (χ3n) is 6.95. The van der Waals surface area contributed by atoms with Gasteiger partial charge in [0, 0.05) is 44.0 Å². The van der Waals surface area contributed by atoms with Crippen molar-refractivity contribution < 1.29 is 23.9 Å². The number of anilines is 2. The van der Waals surface area contributed by atoms with Crippen LogP contribution in [-0.4, -0.2) is 75.2 Å². The van der Waals surface area contributed by atoms with Crippen LogP contribution >= 0.6 is 0 Å². The SMILES string of the molecule is Cc1cccc(NC(=O)COc2ccc(N3C[C@H](C(=O)NCCCN4CCOCC4)CC3=O)cc2)c1C. The van der Waals surface area contributed by atoms with Crippen LogP contribution in [0.4, 0.5) is 11.4 Å². The van der Waals surface area contributed by atoms with E-state index >= 15 is 0 Å². The van der Waals surface area contributed by atoms with E-state index < -0.39 is 0 Å². The summed E-state index contributed by atoms with van der Waals surface area (Å²) in [6.45, 7) is 9.13. The van der Waals surface area contributed by atoms with Crippen LogP contribution in [0.25, 0.3) is 0 Å². The number of morpholine rings is 1. The van der Waals surface area contributed by atoms with Gasteiger partial charge in [0.05, 0.1) is 19.1 Å². The molecule has 2 heterocycles. The minimum absolute atomic E-state index is 0.0740. The first-order chi connectivity index (χ1) is 17.9. The molecule has 37 heavy (non-hydrogen) atoms. The standard InChI is InChI=1S/C28H36N4O5/c1-20-5-3-6-25(21(20)2)30-26(33)19-37-24-9-7-23(8-10-24)32-18-22(17-27(32)34)28(35)29-11-4-12-31-13-15-36-16-14-31/h3,5-10,22H,4,11-19H2,1-2H3,(H,29,35)(H,30,33)/t22-/m1/s1. The number of nitrogens with zero attached hydrogens (tertiary/aromatic N) is 2. The highest BCUT2D eigenvalue weighted by Gasteiger charge is 2.35. The molecule has 0 aromatic heterocycles. The Morgan fingerprint density at radius 2 is 1.84 bits per heavy atom. The van der Waals surface area contributed by atoms with E-state index in [9.17, 15) is 14.4 Å². The smallest absolute Gasteiger partial charge is 0.262 e. The van der Waals surface area contributed by atoms with E-state index in [4.69, 9.17) is 9.47 Å². The third kappa shape index (κ3) is 7.30. The Hall–Kier alpha value is -3.43. The molecule has 2 aliphatic rings. The summed E-state index contributed by atoms with van der Waals surface area (Å²) in [7, 11) is 0. The first-order valence-corrected chi connectivity index (χ1v) is 12.9. The Morgan fingerprint density at radius 3 is 2.59 bits per heavy atom. The number of ether oxygens (including phenoxy) is 2. The fourth-order valence-corrected chi connectivity index (χ4v) is 4.56. The summed E-state index contributed by atoms with van der Waals surface area (Å²) in [6.07, 6.45) is 1.08. The predicted octanol–water partition coefficient (Wildman–Crippen LogP) is 2.51. The Balaban J connectivity index is 1.20. The zero-order valence-electron chi connectivity index (χ0n) is 21.6. The van der Waals surface area contributed by atoms with E-state index in [1.807, 2.05) is 32.0 Å². The quantitative estimate of drug-likeness (QED) is 0.479. The Bertz CT molecular complexity index is 1100. The lowest BCUT2D eigenvalue weighted by Crippen LogP contribution is -2.39. The molecule has 9 nitrogen and oxygen atoms in total. The van der Waals surface area contributed by atoms with Gasteiger partial charge in [0.15, 0.2) is 6.61 Å². The van der Waals surface area contributed by atoms with Gasteiger partial charge in [-0.15, -0.1) is 0 Å². The van der Waals surface area contributed by atoms with E-state index in [0.717, 1.165) is 56.1 Å². The van der Waals surface area contributed by atoms with Crippen molar-refractivity contribution in [3.05, 3.63) is 53.6 Å². The summed E-state index contributed by atoms with van der Waals surface area (Å²) >= 11 is 0. The molecule has 0 bridgehead atoms. The average molecular weight is 509 g/mol. The number of benzene rings is 2. The predicted molar refractivity (Wildman–Crippen MR) is 142 cm³/mol. The fraction of sp³-hybridized carbons (Fsp3) is 0.464. The van der Waals surface area contributed by atoms with Gasteiger partial charge < -0.3 is 25.0 Å². The van der Waals surface area contributed by atoms with Crippen molar-refractivity contribution in [1.29, 1.82) is 0 Å². The van der Waals surface area contributed by atoms with Gasteiger partial charge in [-0.25, -0.2) is 0 Å². The van der Waals surface area contributed by atoms with Gasteiger partial charge in [-0.05, 0) is 68.3 Å². The van der Waals surface area contributed by atoms with Crippen LogP contribution in [0.1, 0.15) is 24.0 Å². The minimum Gasteiger partial charge on any atom is -0.484 e. The molecule has 2 aromatic rings. The highest BCUT2D eigenvalue weighted by atomic mass is 16.5. The molecule has 9 heteroatoms. The summed E-state index contributed by atoms with van der Waals surface area (Å²) in [5.41, 5.74) is 3.61. The molecular formula is C28H36N4O5. The number of nitrogens with one attached hydrogen (secondary N) is 2. The van der Waals surface area contributed by atoms with Gasteiger partial charge in [0.2, 0.25) is 11.8 Å². The number of amides is 3. The van der Waals surface area contributed by atoms with Crippen molar-refractivity contribution in [2.45, 2.75) is 26.7 Å². The molecule has 2 saturated heterocycles. The Labute approximate surface area is 218 Å². The number of carbonyl (C=O) groups is 3. The number of rotatable bonds is 10. The molecule has 1 atom stereocenters. The van der Waals surface area contributed by atoms with Gasteiger partial charge in [0.1, 0.15) is 5.75 Å². The summed E-state index contributed by atoms with van der Waals surface area (Å²) in [5, 5.41) is 5.85. The van der Waals surface area contributed by atoms with Crippen molar-refractivity contribution >= 4 is 29.1 Å². The molecular weight excluding hydrogens is 472 g/mol. The van der Waals surface area contributed by atoms with Crippen LogP contribution < -0.4 is 20.3 Å². The average Bonchev–Trinajstić information content (AvgIpc) is 3.30. The highest BCUT2D eigenvalue weighted by molar-refractivity contribution is 6.00. The van der Waals surface area contributed by atoms with Crippen LogP contribution in [0.3, 0.4) is 0 Å². The molecule has 4 rings (SSSR count). The van der Waals surface area contributed by atoms with E-state index in [1.165, 1.54) is 0 Å². The number of carbonyl (C=O) groups excluding carboxylic acids is 3. The second-order valence-corrected chi connectivity index (χ2v) is 9.58. The number of hydrogen-bond acceptors (Lipinski definition) is 6. The maximum Gasteiger partial charge on any atom is 0.262 e. The molecule has 0 saturated carbocycles. The summed E-state index contributed by atoms with van der Waals surface area (Å²) in [4.78, 5) is 41.5. The lowest BCUT2D eigenvalue weighted by atomic mass is 10.1. The normalized spacial score (nSPS) is 18.1. The van der Waals surface area contributed by atoms with Crippen LogP contribution in [0, 0.1) is 19.8 Å². The monoisotopic (exact) mass is 508 g/mol. The van der Waals surface area contributed by atoms with E-state index in [-0.39, 0.29) is 36.7 Å². The highest BCUT2D eigenvalue weighted by Crippen LogP contribution is 2.27. The molecule has 0 spiro atoms. The molecule has 198 valence electrons. The zero-order chi connectivity index (χ0) is 26.2. The fourth-order valence-electron chi connectivity index (χ4n) is 4.56. The van der Waals surface area contributed by atoms with E-state index in [2.05, 4.69) is 15.5 Å². The van der Waals surface area contributed by atoms with Crippen molar-refractivity contribution in [3.8, 4) is 5.75 Å². The van der Waals surface area contributed by atoms with Crippen LogP contribution in [0.5, 0.6) is 5.75 Å². The van der Waals surface area contributed by atoms with Gasteiger partial charge in [0.25, 0.3) is 5.91 Å². The molecule has 0 unspecified atom stereocenters. The Kier molecular flexibility index (Phi) is 9.14. The number of hydrogen-bond donors (Lipinski definition) is 2.